The average Bonchev–Trinajstić information content (AvgIpc) is 3.27. The SMILES string of the molecule is CC1NC(C(F)(F)F)C(CN2C(=O)C3CC(S(=O)(=O)NC4(C)CC4)CCC3N(C)C2=O)S1. The summed E-state index contributed by atoms with van der Waals surface area (Å²) in [5, 5.41) is 0.216. The molecule has 13 heteroatoms. The van der Waals surface area contributed by atoms with Crippen molar-refractivity contribution in [2.24, 2.45) is 5.92 Å². The van der Waals surface area contributed by atoms with Gasteiger partial charge in [-0.1, -0.05) is 0 Å². The number of nitrogens with zero attached hydrogens (tertiary/aromatic N) is 2. The van der Waals surface area contributed by atoms with Crippen molar-refractivity contribution in [3.63, 3.8) is 0 Å². The summed E-state index contributed by atoms with van der Waals surface area (Å²) in [4.78, 5) is 28.4. The van der Waals surface area contributed by atoms with Crippen LogP contribution in [0, 0.1) is 5.92 Å². The molecular formula is C19H29F3N4O4S2. The maximum atomic E-state index is 13.5. The lowest BCUT2D eigenvalue weighted by Crippen LogP contribution is -2.64. The number of fused-ring (bicyclic) bond motifs is 1. The maximum absolute atomic E-state index is 13.5. The van der Waals surface area contributed by atoms with E-state index < -0.39 is 67.6 Å². The predicted octanol–water partition coefficient (Wildman–Crippen LogP) is 1.87. The summed E-state index contributed by atoms with van der Waals surface area (Å²) in [6, 6.07) is -2.89. The summed E-state index contributed by atoms with van der Waals surface area (Å²) >= 11 is 1.05. The third-order valence-corrected chi connectivity index (χ3v) is 10.5. The minimum atomic E-state index is -4.51. The summed E-state index contributed by atoms with van der Waals surface area (Å²) in [5.41, 5.74) is -0.430. The van der Waals surface area contributed by atoms with Gasteiger partial charge >= 0.3 is 12.2 Å². The van der Waals surface area contributed by atoms with E-state index in [2.05, 4.69) is 10.0 Å². The Kier molecular flexibility index (Phi) is 6.04. The number of imide groups is 1. The first kappa shape index (κ1) is 24.1. The van der Waals surface area contributed by atoms with E-state index in [0.717, 1.165) is 29.5 Å². The zero-order chi connectivity index (χ0) is 23.6. The number of alkyl halides is 3. The number of hydrogen-bond acceptors (Lipinski definition) is 6. The first-order chi connectivity index (χ1) is 14.7. The van der Waals surface area contributed by atoms with Gasteiger partial charge in [0, 0.05) is 30.4 Å². The largest absolute Gasteiger partial charge is 0.405 e. The van der Waals surface area contributed by atoms with Crippen LogP contribution in [0.2, 0.25) is 0 Å². The van der Waals surface area contributed by atoms with Crippen LogP contribution in [0.25, 0.3) is 0 Å². The molecule has 2 saturated heterocycles. The van der Waals surface area contributed by atoms with Gasteiger partial charge in [-0.3, -0.25) is 15.0 Å². The third-order valence-electron chi connectivity index (χ3n) is 7.09. The van der Waals surface area contributed by atoms with Crippen molar-refractivity contribution in [3.05, 3.63) is 0 Å². The summed E-state index contributed by atoms with van der Waals surface area (Å²) in [7, 11) is -2.12. The highest BCUT2D eigenvalue weighted by molar-refractivity contribution is 8.00. The number of nitrogens with one attached hydrogen (secondary N) is 2. The van der Waals surface area contributed by atoms with Crippen molar-refractivity contribution >= 4 is 33.7 Å². The van der Waals surface area contributed by atoms with Crippen LogP contribution in [0.1, 0.15) is 46.0 Å². The molecule has 0 aromatic heterocycles. The molecule has 0 bridgehead atoms. The molecule has 2 aliphatic carbocycles. The van der Waals surface area contributed by atoms with Crippen LogP contribution < -0.4 is 10.0 Å². The molecule has 0 spiro atoms. The molecule has 8 nitrogen and oxygen atoms in total. The third kappa shape index (κ3) is 4.49. The molecule has 4 fully saturated rings. The lowest BCUT2D eigenvalue weighted by Gasteiger charge is -2.47. The van der Waals surface area contributed by atoms with Crippen molar-refractivity contribution < 1.29 is 31.2 Å². The Morgan fingerprint density at radius 1 is 1.25 bits per heavy atom. The highest BCUT2D eigenvalue weighted by Crippen LogP contribution is 2.41. The molecule has 6 atom stereocenters. The molecule has 32 heavy (non-hydrogen) atoms. The number of amides is 3. The molecule has 0 aromatic rings. The van der Waals surface area contributed by atoms with Crippen molar-refractivity contribution in [1.29, 1.82) is 0 Å². The number of rotatable bonds is 5. The topological polar surface area (TPSA) is 98.8 Å². The number of thioether (sulfide) groups is 1. The van der Waals surface area contributed by atoms with Gasteiger partial charge in [0.05, 0.1) is 16.5 Å². The minimum Gasteiger partial charge on any atom is -0.324 e. The predicted molar refractivity (Wildman–Crippen MR) is 113 cm³/mol. The van der Waals surface area contributed by atoms with Crippen LogP contribution in [0.3, 0.4) is 0 Å². The average molecular weight is 499 g/mol. The summed E-state index contributed by atoms with van der Waals surface area (Å²) in [5.74, 6) is -1.32. The molecule has 2 heterocycles. The summed E-state index contributed by atoms with van der Waals surface area (Å²) in [6.07, 6.45) is -2.24. The fraction of sp³-hybridized carbons (Fsp3) is 0.895. The molecule has 4 rings (SSSR count). The molecule has 0 radical (unpaired) electrons. The Morgan fingerprint density at radius 2 is 1.91 bits per heavy atom. The first-order valence-corrected chi connectivity index (χ1v) is 13.3. The van der Waals surface area contributed by atoms with Gasteiger partial charge in [-0.15, -0.1) is 11.8 Å². The van der Waals surface area contributed by atoms with Gasteiger partial charge in [-0.25, -0.2) is 17.9 Å². The lowest BCUT2D eigenvalue weighted by molar-refractivity contribution is -0.156. The number of carbonyl (C=O) groups is 2. The zero-order valence-electron chi connectivity index (χ0n) is 18.2. The highest BCUT2D eigenvalue weighted by atomic mass is 32.2. The normalized spacial score (nSPS) is 37.6. The lowest BCUT2D eigenvalue weighted by atomic mass is 9.81. The Morgan fingerprint density at radius 3 is 2.50 bits per heavy atom. The Hall–Kier alpha value is -1.05. The second-order valence-electron chi connectivity index (χ2n) is 9.66. The molecule has 0 aromatic carbocycles. The van der Waals surface area contributed by atoms with Gasteiger partial charge in [-0.05, 0) is 46.0 Å². The van der Waals surface area contributed by atoms with E-state index in [0.29, 0.717) is 12.8 Å². The molecule has 6 unspecified atom stereocenters. The standard InChI is InChI=1S/C19H29F3N4O4S2/c1-10-23-15(19(20,21)22)14(31-10)9-26-16(27)12-8-11(4-5-13(12)25(3)17(26)28)32(29,30)24-18(2)6-7-18/h10-15,23-24H,4-9H2,1-3H3. The monoisotopic (exact) mass is 498 g/mol. The maximum Gasteiger partial charge on any atom is 0.405 e. The van der Waals surface area contributed by atoms with Gasteiger partial charge in [-0.2, -0.15) is 13.2 Å². The second kappa shape index (κ2) is 8.02. The van der Waals surface area contributed by atoms with Crippen LogP contribution in [0.5, 0.6) is 0 Å². The molecule has 4 aliphatic rings. The van der Waals surface area contributed by atoms with Crippen LogP contribution in [-0.2, 0) is 14.8 Å². The Labute approximate surface area is 190 Å². The highest BCUT2D eigenvalue weighted by Gasteiger charge is 2.54. The summed E-state index contributed by atoms with van der Waals surface area (Å²) < 4.78 is 68.8. The van der Waals surface area contributed by atoms with E-state index in [4.69, 9.17) is 0 Å². The molecular weight excluding hydrogens is 469 g/mol. The number of urea groups is 1. The number of carbonyl (C=O) groups excluding carboxylic acids is 2. The smallest absolute Gasteiger partial charge is 0.324 e. The van der Waals surface area contributed by atoms with E-state index in [-0.39, 0.29) is 13.0 Å². The van der Waals surface area contributed by atoms with Crippen molar-refractivity contribution in [3.8, 4) is 0 Å². The second-order valence-corrected chi connectivity index (χ2v) is 13.2. The van der Waals surface area contributed by atoms with E-state index in [1.54, 1.807) is 6.92 Å². The molecule has 182 valence electrons. The molecule has 2 aliphatic heterocycles. The van der Waals surface area contributed by atoms with E-state index in [9.17, 15) is 31.2 Å². The fourth-order valence-electron chi connectivity index (χ4n) is 5.01. The number of hydrogen-bond donors (Lipinski definition) is 2. The Balaban J connectivity index is 1.51. The number of sulfonamides is 1. The fourth-order valence-corrected chi connectivity index (χ4v) is 8.35. The molecule has 3 amide bonds. The van der Waals surface area contributed by atoms with Crippen LogP contribution in [0.4, 0.5) is 18.0 Å². The van der Waals surface area contributed by atoms with Crippen molar-refractivity contribution in [2.75, 3.05) is 13.6 Å². The van der Waals surface area contributed by atoms with E-state index in [1.807, 2.05) is 6.92 Å². The van der Waals surface area contributed by atoms with E-state index in [1.165, 1.54) is 11.9 Å². The zero-order valence-corrected chi connectivity index (χ0v) is 19.8. The van der Waals surface area contributed by atoms with Gasteiger partial charge in [0.25, 0.3) is 0 Å². The first-order valence-electron chi connectivity index (χ1n) is 10.8. The van der Waals surface area contributed by atoms with Crippen LogP contribution in [0.15, 0.2) is 0 Å². The number of halogens is 3. The van der Waals surface area contributed by atoms with Gasteiger partial charge in [0.1, 0.15) is 6.04 Å². The van der Waals surface area contributed by atoms with Gasteiger partial charge in [0.15, 0.2) is 0 Å². The van der Waals surface area contributed by atoms with Crippen LogP contribution >= 0.6 is 11.8 Å². The summed E-state index contributed by atoms with van der Waals surface area (Å²) in [6.45, 7) is 3.07. The van der Waals surface area contributed by atoms with Crippen LogP contribution in [-0.4, -0.2) is 83.4 Å². The molecule has 2 N–H and O–H groups in total. The quantitative estimate of drug-likeness (QED) is 0.601. The molecule has 2 saturated carbocycles. The van der Waals surface area contributed by atoms with Crippen molar-refractivity contribution in [1.82, 2.24) is 19.8 Å². The Bertz CT molecular complexity index is 895. The van der Waals surface area contributed by atoms with E-state index >= 15 is 0 Å². The van der Waals surface area contributed by atoms with Crippen molar-refractivity contribution in [2.45, 2.75) is 85.6 Å². The van der Waals surface area contributed by atoms with Gasteiger partial charge in [0.2, 0.25) is 15.9 Å². The van der Waals surface area contributed by atoms with Gasteiger partial charge < -0.3 is 4.90 Å². The minimum absolute atomic E-state index is 0.0538.